The van der Waals surface area contributed by atoms with Gasteiger partial charge < -0.3 is 0 Å². The molecule has 0 aromatic carbocycles. The maximum absolute atomic E-state index is 9.99. The molecule has 0 aliphatic heterocycles. The molecule has 0 spiro atoms. The Morgan fingerprint density at radius 1 is 0.667 bits per heavy atom. The number of nitrogens with zero attached hydrogens (tertiary/aromatic N) is 3. The molecular formula is C3H3N3O6. The summed E-state index contributed by atoms with van der Waals surface area (Å²) >= 11 is 0. The summed E-state index contributed by atoms with van der Waals surface area (Å²) in [6.07, 6.45) is 0. The van der Waals surface area contributed by atoms with Crippen molar-refractivity contribution in [3.8, 4) is 0 Å². The number of rotatable bonds is 3. The Hall–Kier alpha value is -1.80. The van der Waals surface area contributed by atoms with Crippen molar-refractivity contribution in [2.75, 3.05) is 0 Å². The van der Waals surface area contributed by atoms with E-state index in [0.29, 0.717) is 0 Å². The topological polar surface area (TPSA) is 129 Å². The molecule has 1 saturated carbocycles. The van der Waals surface area contributed by atoms with Crippen molar-refractivity contribution >= 4 is 0 Å². The van der Waals surface area contributed by atoms with Crippen molar-refractivity contribution < 1.29 is 14.8 Å². The van der Waals surface area contributed by atoms with E-state index in [-0.39, 0.29) is 0 Å². The van der Waals surface area contributed by atoms with Gasteiger partial charge in [-0.25, -0.2) is 0 Å². The van der Waals surface area contributed by atoms with Gasteiger partial charge in [0.2, 0.25) is 0 Å². The second-order valence-electron chi connectivity index (χ2n) is 2.33. The smallest absolute Gasteiger partial charge is 0.264 e. The Morgan fingerprint density at radius 2 is 0.833 bits per heavy atom. The van der Waals surface area contributed by atoms with Crippen LogP contribution in [0.5, 0.6) is 0 Å². The van der Waals surface area contributed by atoms with E-state index >= 15 is 0 Å². The third kappa shape index (κ3) is 1.04. The van der Waals surface area contributed by atoms with E-state index in [9.17, 15) is 30.3 Å². The molecule has 0 radical (unpaired) electrons. The lowest BCUT2D eigenvalue weighted by Gasteiger charge is -1.80. The Bertz CT molecular complexity index is 214. The molecule has 0 amide bonds. The summed E-state index contributed by atoms with van der Waals surface area (Å²) in [5.41, 5.74) is 0. The van der Waals surface area contributed by atoms with Gasteiger partial charge in [0.15, 0.2) is 0 Å². The molecular weight excluding hydrogens is 174 g/mol. The Morgan fingerprint density at radius 3 is 0.917 bits per heavy atom. The van der Waals surface area contributed by atoms with Gasteiger partial charge in [-0.2, -0.15) is 0 Å². The number of hydrogen-bond acceptors (Lipinski definition) is 6. The molecule has 66 valence electrons. The lowest BCUT2D eigenvalue weighted by atomic mass is 10.7. The summed E-state index contributed by atoms with van der Waals surface area (Å²) in [5, 5.41) is 30.0. The highest BCUT2D eigenvalue weighted by Crippen LogP contribution is 2.30. The number of nitro groups is 3. The zero-order chi connectivity index (χ0) is 9.46. The first-order chi connectivity index (χ1) is 5.46. The summed E-state index contributed by atoms with van der Waals surface area (Å²) in [7, 11) is 0. The molecule has 12 heavy (non-hydrogen) atoms. The van der Waals surface area contributed by atoms with Crippen LogP contribution >= 0.6 is 0 Å². The van der Waals surface area contributed by atoms with Crippen LogP contribution in [0.2, 0.25) is 0 Å². The van der Waals surface area contributed by atoms with Crippen molar-refractivity contribution in [2.45, 2.75) is 18.1 Å². The highest BCUT2D eigenvalue weighted by molar-refractivity contribution is 5.00. The van der Waals surface area contributed by atoms with Gasteiger partial charge in [-0.3, -0.25) is 30.3 Å². The Labute approximate surface area is 64.4 Å². The van der Waals surface area contributed by atoms with Crippen molar-refractivity contribution in [3.63, 3.8) is 0 Å². The first kappa shape index (κ1) is 8.30. The quantitative estimate of drug-likeness (QED) is 0.398. The van der Waals surface area contributed by atoms with E-state index in [2.05, 4.69) is 0 Å². The van der Waals surface area contributed by atoms with Gasteiger partial charge >= 0.3 is 18.1 Å². The van der Waals surface area contributed by atoms with Crippen LogP contribution in [-0.2, 0) is 0 Å². The SMILES string of the molecule is O=[N+]([O-])C1C([N+](=O)[O-])C1[N+](=O)[O-]. The molecule has 0 heterocycles. The van der Waals surface area contributed by atoms with Gasteiger partial charge in [0, 0.05) is 14.8 Å². The molecule has 9 heteroatoms. The summed E-state index contributed by atoms with van der Waals surface area (Å²) in [5.74, 6) is 0. The van der Waals surface area contributed by atoms with Crippen molar-refractivity contribution in [1.29, 1.82) is 0 Å². The molecule has 1 rings (SSSR count). The highest BCUT2D eigenvalue weighted by atomic mass is 16.7. The molecule has 0 bridgehead atoms. The summed E-state index contributed by atoms with van der Waals surface area (Å²) in [6, 6.07) is -4.97. The third-order valence-electron chi connectivity index (χ3n) is 1.64. The Kier molecular flexibility index (Phi) is 1.63. The molecule has 1 fully saturated rings. The van der Waals surface area contributed by atoms with Gasteiger partial charge in [-0.15, -0.1) is 0 Å². The summed E-state index contributed by atoms with van der Waals surface area (Å²) in [6.45, 7) is 0. The minimum atomic E-state index is -1.66. The Balaban J connectivity index is 2.74. The zero-order valence-electron chi connectivity index (χ0n) is 5.52. The highest BCUT2D eigenvalue weighted by Gasteiger charge is 2.80. The summed E-state index contributed by atoms with van der Waals surface area (Å²) in [4.78, 5) is 27.0. The predicted molar refractivity (Wildman–Crippen MR) is 32.3 cm³/mol. The van der Waals surface area contributed by atoms with Crippen LogP contribution in [0, 0.1) is 30.3 Å². The molecule has 0 unspecified atom stereocenters. The average molecular weight is 177 g/mol. The van der Waals surface area contributed by atoms with Gasteiger partial charge in [0.1, 0.15) is 0 Å². The molecule has 1 aliphatic rings. The van der Waals surface area contributed by atoms with Crippen LogP contribution in [0.25, 0.3) is 0 Å². The first-order valence-electron chi connectivity index (χ1n) is 2.87. The van der Waals surface area contributed by atoms with Crippen LogP contribution in [0.4, 0.5) is 0 Å². The lowest BCUT2D eigenvalue weighted by Crippen LogP contribution is -2.12. The van der Waals surface area contributed by atoms with Crippen molar-refractivity contribution in [1.82, 2.24) is 0 Å². The van der Waals surface area contributed by atoms with E-state index in [0.717, 1.165) is 0 Å². The van der Waals surface area contributed by atoms with Gasteiger partial charge in [0.05, 0.1) is 0 Å². The lowest BCUT2D eigenvalue weighted by molar-refractivity contribution is -0.558. The van der Waals surface area contributed by atoms with Crippen LogP contribution in [0.3, 0.4) is 0 Å². The van der Waals surface area contributed by atoms with E-state index in [4.69, 9.17) is 0 Å². The van der Waals surface area contributed by atoms with Gasteiger partial charge in [-0.1, -0.05) is 0 Å². The van der Waals surface area contributed by atoms with Gasteiger partial charge in [-0.05, 0) is 0 Å². The van der Waals surface area contributed by atoms with Crippen molar-refractivity contribution in [3.05, 3.63) is 30.3 Å². The van der Waals surface area contributed by atoms with E-state index in [1.165, 1.54) is 0 Å². The van der Waals surface area contributed by atoms with Crippen LogP contribution in [0.1, 0.15) is 0 Å². The normalized spacial score (nSPS) is 32.5. The van der Waals surface area contributed by atoms with E-state index in [1.54, 1.807) is 0 Å². The number of hydrogen-bond donors (Lipinski definition) is 0. The fourth-order valence-electron chi connectivity index (χ4n) is 1.01. The molecule has 0 aromatic rings. The monoisotopic (exact) mass is 177 g/mol. The first-order valence-corrected chi connectivity index (χ1v) is 2.87. The van der Waals surface area contributed by atoms with Gasteiger partial charge in [0.25, 0.3) is 0 Å². The van der Waals surface area contributed by atoms with Crippen LogP contribution in [-0.4, -0.2) is 32.9 Å². The zero-order valence-corrected chi connectivity index (χ0v) is 5.52. The maximum Gasteiger partial charge on any atom is 0.359 e. The third-order valence-corrected chi connectivity index (χ3v) is 1.64. The minimum Gasteiger partial charge on any atom is -0.264 e. The largest absolute Gasteiger partial charge is 0.359 e. The molecule has 9 nitrogen and oxygen atoms in total. The fraction of sp³-hybridized carbons (Fsp3) is 1.00. The molecule has 1 aliphatic carbocycles. The molecule has 0 aromatic heterocycles. The van der Waals surface area contributed by atoms with E-state index in [1.807, 2.05) is 0 Å². The average Bonchev–Trinajstić information content (AvgIpc) is 2.58. The standard InChI is InChI=1S/C3H3N3O6/c7-4(8)1-2(5(9)10)3(1)6(11)12/h1-3H. The summed E-state index contributed by atoms with van der Waals surface area (Å²) < 4.78 is 0. The molecule has 0 atom stereocenters. The molecule has 0 N–H and O–H groups in total. The second kappa shape index (κ2) is 2.36. The maximum atomic E-state index is 9.99. The predicted octanol–water partition coefficient (Wildman–Crippen LogP) is -1.06. The molecule has 0 saturated heterocycles. The van der Waals surface area contributed by atoms with Crippen LogP contribution in [0.15, 0.2) is 0 Å². The van der Waals surface area contributed by atoms with Crippen LogP contribution < -0.4 is 0 Å². The van der Waals surface area contributed by atoms with E-state index < -0.39 is 32.9 Å². The minimum absolute atomic E-state index is 0.985. The fourth-order valence-corrected chi connectivity index (χ4v) is 1.01. The van der Waals surface area contributed by atoms with Crippen molar-refractivity contribution in [2.24, 2.45) is 0 Å². The second-order valence-corrected chi connectivity index (χ2v) is 2.33.